The number of benzene rings is 2. The summed E-state index contributed by atoms with van der Waals surface area (Å²) in [6.07, 6.45) is -0.930. The third kappa shape index (κ3) is 5.22. The predicted octanol–water partition coefficient (Wildman–Crippen LogP) is 4.77. The summed E-state index contributed by atoms with van der Waals surface area (Å²) in [6.45, 7) is 4.99. The third-order valence-electron chi connectivity index (χ3n) is 7.69. The molecule has 3 aliphatic rings. The Morgan fingerprint density at radius 3 is 2.31 bits per heavy atom. The van der Waals surface area contributed by atoms with E-state index < -0.39 is 58.0 Å². The van der Waals surface area contributed by atoms with Crippen molar-refractivity contribution in [3.05, 3.63) is 51.7 Å². The van der Waals surface area contributed by atoms with E-state index in [9.17, 15) is 27.4 Å². The smallest absolute Gasteiger partial charge is 0.338 e. The molecular formula is C26H22I3O9S-. The van der Waals surface area contributed by atoms with Gasteiger partial charge in [0.2, 0.25) is 0 Å². The van der Waals surface area contributed by atoms with E-state index in [4.69, 9.17) is 14.2 Å². The summed E-state index contributed by atoms with van der Waals surface area (Å²) in [4.78, 5) is 39.1. The van der Waals surface area contributed by atoms with E-state index in [1.807, 2.05) is 0 Å². The molecule has 1 saturated heterocycles. The number of carbonyl (C=O) groups is 3. The number of fused-ring (bicyclic) bond motifs is 1. The van der Waals surface area contributed by atoms with Crippen LogP contribution in [0.25, 0.3) is 0 Å². The number of esters is 3. The molecule has 9 nitrogen and oxygen atoms in total. The lowest BCUT2D eigenvalue weighted by Gasteiger charge is -2.30. The Labute approximate surface area is 266 Å². The predicted molar refractivity (Wildman–Crippen MR) is 161 cm³/mol. The minimum atomic E-state index is -4.73. The number of halogens is 3. The van der Waals surface area contributed by atoms with Gasteiger partial charge < -0.3 is 18.8 Å². The van der Waals surface area contributed by atoms with Gasteiger partial charge in [0.15, 0.2) is 0 Å². The highest BCUT2D eigenvalue weighted by Crippen LogP contribution is 2.59. The van der Waals surface area contributed by atoms with E-state index in [1.54, 1.807) is 26.0 Å². The van der Waals surface area contributed by atoms with Crippen molar-refractivity contribution in [3.8, 4) is 5.75 Å². The van der Waals surface area contributed by atoms with Gasteiger partial charge in [-0.2, -0.15) is 0 Å². The number of carbonyl (C=O) groups excluding carboxylic acids is 3. The van der Waals surface area contributed by atoms with E-state index in [1.165, 1.54) is 19.1 Å². The lowest BCUT2D eigenvalue weighted by molar-refractivity contribution is -0.149. The van der Waals surface area contributed by atoms with Gasteiger partial charge in [-0.15, -0.1) is 0 Å². The Balaban J connectivity index is 1.42. The summed E-state index contributed by atoms with van der Waals surface area (Å²) in [5.74, 6) is -4.30. The number of ether oxygens (including phenoxy) is 3. The van der Waals surface area contributed by atoms with Gasteiger partial charge in [-0.25, -0.2) is 13.2 Å². The highest BCUT2D eigenvalue weighted by Gasteiger charge is 2.70. The quantitative estimate of drug-likeness (QED) is 0.132. The van der Waals surface area contributed by atoms with Gasteiger partial charge in [0.25, 0.3) is 0 Å². The molecule has 2 aromatic rings. The van der Waals surface area contributed by atoms with Gasteiger partial charge in [0.1, 0.15) is 28.1 Å². The first kappa shape index (κ1) is 29.4. The Morgan fingerprint density at radius 2 is 1.72 bits per heavy atom. The summed E-state index contributed by atoms with van der Waals surface area (Å²) in [5.41, 5.74) is 0.903. The molecule has 0 aromatic heterocycles. The van der Waals surface area contributed by atoms with Gasteiger partial charge in [-0.1, -0.05) is 13.8 Å². The summed E-state index contributed by atoms with van der Waals surface area (Å²) in [5, 5.41) is 0. The Bertz CT molecular complexity index is 1500. The van der Waals surface area contributed by atoms with Crippen molar-refractivity contribution in [1.82, 2.24) is 0 Å². The van der Waals surface area contributed by atoms with Crippen molar-refractivity contribution in [1.29, 1.82) is 0 Å². The van der Waals surface area contributed by atoms with Crippen molar-refractivity contribution < 1.29 is 41.6 Å². The Morgan fingerprint density at radius 1 is 1.08 bits per heavy atom. The van der Waals surface area contributed by atoms with Crippen molar-refractivity contribution in [2.45, 2.75) is 50.2 Å². The average molecular weight is 891 g/mol. The van der Waals surface area contributed by atoms with Gasteiger partial charge in [-0.05, 0) is 122 Å². The topological polar surface area (TPSA) is 136 Å². The summed E-state index contributed by atoms with van der Waals surface area (Å²) in [7, 11) is -4.73. The number of rotatable bonds is 6. The normalized spacial score (nSPS) is 27.1. The zero-order chi connectivity index (χ0) is 28.5. The molecule has 2 aliphatic carbocycles. The second kappa shape index (κ2) is 10.7. The van der Waals surface area contributed by atoms with Crippen molar-refractivity contribution in [2.75, 3.05) is 0 Å². The van der Waals surface area contributed by atoms with Gasteiger partial charge in [0.05, 0.1) is 22.3 Å². The highest BCUT2D eigenvalue weighted by molar-refractivity contribution is 14.1. The molecule has 3 fully saturated rings. The minimum absolute atomic E-state index is 0.110. The second-order valence-corrected chi connectivity index (χ2v) is 15.1. The van der Waals surface area contributed by atoms with E-state index in [0.29, 0.717) is 17.5 Å². The number of hydrogen-bond donors (Lipinski definition) is 0. The summed E-state index contributed by atoms with van der Waals surface area (Å²) < 4.78 is 55.4. The zero-order valence-electron chi connectivity index (χ0n) is 20.8. The van der Waals surface area contributed by atoms with Crippen LogP contribution in [-0.2, 0) is 29.2 Å². The minimum Gasteiger partial charge on any atom is -0.744 e. The van der Waals surface area contributed by atoms with Crippen LogP contribution in [0.4, 0.5) is 0 Å². The Hall–Kier alpha value is -1.05. The molecule has 2 bridgehead atoms. The molecule has 5 rings (SSSR count). The lowest BCUT2D eigenvalue weighted by Crippen LogP contribution is -2.44. The van der Waals surface area contributed by atoms with Crippen LogP contribution in [0.2, 0.25) is 0 Å². The molecule has 1 heterocycles. The van der Waals surface area contributed by atoms with Crippen LogP contribution < -0.4 is 4.74 Å². The summed E-state index contributed by atoms with van der Waals surface area (Å²) >= 11 is 6.50. The first-order valence-corrected chi connectivity index (χ1v) is 16.7. The molecule has 6 unspecified atom stereocenters. The molecule has 2 saturated carbocycles. The maximum atomic E-state index is 13.5. The second-order valence-electron chi connectivity index (χ2n) is 10.3. The molecular weight excluding hydrogens is 869 g/mol. The van der Waals surface area contributed by atoms with Crippen LogP contribution in [-0.4, -0.2) is 43.1 Å². The van der Waals surface area contributed by atoms with Crippen LogP contribution >= 0.6 is 67.8 Å². The van der Waals surface area contributed by atoms with Crippen LogP contribution in [0.1, 0.15) is 47.7 Å². The van der Waals surface area contributed by atoms with Gasteiger partial charge >= 0.3 is 17.9 Å². The molecule has 0 radical (unpaired) electrons. The molecule has 0 N–H and O–H groups in total. The molecule has 0 spiro atoms. The molecule has 0 amide bonds. The SMILES string of the molecule is Cc1cc(S(=O)(=O)[O-])c(C(C)C)cc1OC(=O)C1C2CC3C(OC(=O)C31)C2OC(=O)c1cc(I)c(I)c(I)c1. The van der Waals surface area contributed by atoms with Crippen LogP contribution in [0.5, 0.6) is 5.75 Å². The van der Waals surface area contributed by atoms with Crippen molar-refractivity contribution in [3.63, 3.8) is 0 Å². The van der Waals surface area contributed by atoms with Gasteiger partial charge in [-0.3, -0.25) is 9.59 Å². The highest BCUT2D eigenvalue weighted by atomic mass is 127. The molecule has 1 aliphatic heterocycles. The van der Waals surface area contributed by atoms with Gasteiger partial charge in [0, 0.05) is 22.5 Å². The van der Waals surface area contributed by atoms with Crippen LogP contribution in [0.15, 0.2) is 29.2 Å². The molecule has 13 heteroatoms. The zero-order valence-corrected chi connectivity index (χ0v) is 28.1. The summed E-state index contributed by atoms with van der Waals surface area (Å²) in [6, 6.07) is 6.06. The van der Waals surface area contributed by atoms with E-state index in [-0.39, 0.29) is 28.0 Å². The third-order valence-corrected chi connectivity index (χ3v) is 13.5. The van der Waals surface area contributed by atoms with E-state index >= 15 is 0 Å². The average Bonchev–Trinajstić information content (AvgIpc) is 3.46. The maximum absolute atomic E-state index is 13.5. The van der Waals surface area contributed by atoms with Crippen LogP contribution in [0, 0.1) is 41.3 Å². The fourth-order valence-electron chi connectivity index (χ4n) is 5.97. The monoisotopic (exact) mass is 891 g/mol. The van der Waals surface area contributed by atoms with Crippen molar-refractivity contribution >= 4 is 95.8 Å². The molecule has 2 aromatic carbocycles. The molecule has 6 atom stereocenters. The fraction of sp³-hybridized carbons (Fsp3) is 0.423. The van der Waals surface area contributed by atoms with Crippen molar-refractivity contribution in [2.24, 2.45) is 23.7 Å². The number of aryl methyl sites for hydroxylation is 1. The fourth-order valence-corrected chi connectivity index (χ4v) is 8.95. The first-order valence-electron chi connectivity index (χ1n) is 12.1. The largest absolute Gasteiger partial charge is 0.744 e. The molecule has 208 valence electrons. The van der Waals surface area contributed by atoms with Crippen LogP contribution in [0.3, 0.4) is 0 Å². The lowest BCUT2D eigenvalue weighted by atomic mass is 9.78. The standard InChI is InChI=1S/C26H23I3O9S/c1-9(2)12-8-17(10(3)4-18(12)39(33,34)35)36-25(31)19-13-7-14-20(19)26(32)38-23(14)22(13)37-24(30)11-5-15(27)21(29)16(28)6-11/h4-6,8-9,13-14,19-20,22-23H,7H2,1-3H3,(H,33,34,35)/p-1. The van der Waals surface area contributed by atoms with E-state index in [0.717, 1.165) is 10.7 Å². The molecule has 39 heavy (non-hydrogen) atoms. The Kier molecular flexibility index (Phi) is 8.04. The van der Waals surface area contributed by atoms with E-state index in [2.05, 4.69) is 67.8 Å². The number of hydrogen-bond acceptors (Lipinski definition) is 9. The first-order chi connectivity index (χ1) is 18.2. The maximum Gasteiger partial charge on any atom is 0.338 e.